The average molecular weight is 426 g/mol. The van der Waals surface area contributed by atoms with E-state index in [4.69, 9.17) is 0 Å². The number of sulfonamides is 1. The van der Waals surface area contributed by atoms with Gasteiger partial charge in [-0.1, -0.05) is 0 Å². The van der Waals surface area contributed by atoms with Crippen LogP contribution in [0.5, 0.6) is 0 Å². The van der Waals surface area contributed by atoms with E-state index >= 15 is 0 Å². The molecule has 7 nitrogen and oxygen atoms in total. The number of halogens is 1. The third kappa shape index (κ3) is 4.29. The van der Waals surface area contributed by atoms with Crippen LogP contribution >= 0.6 is 0 Å². The predicted octanol–water partition coefficient (Wildman–Crippen LogP) is 2.05. The number of nitrogens with zero attached hydrogens (tertiary/aromatic N) is 2. The molecule has 0 bridgehead atoms. The number of rotatable bonds is 6. The molecule has 1 atom stereocenters. The van der Waals surface area contributed by atoms with Gasteiger partial charge in [0, 0.05) is 37.0 Å². The Hall–Kier alpha value is -2.17. The predicted molar refractivity (Wildman–Crippen MR) is 99.6 cm³/mol. The maximum atomic E-state index is 13.0. The van der Waals surface area contributed by atoms with Gasteiger partial charge in [0.1, 0.15) is 10.7 Å². The first-order chi connectivity index (χ1) is 13.1. The lowest BCUT2D eigenvalue weighted by Gasteiger charge is -2.23. The van der Waals surface area contributed by atoms with Gasteiger partial charge in [-0.2, -0.15) is 4.31 Å². The van der Waals surface area contributed by atoms with Gasteiger partial charge in [-0.3, -0.25) is 4.79 Å². The van der Waals surface area contributed by atoms with Crippen molar-refractivity contribution in [1.82, 2.24) is 9.29 Å². The lowest BCUT2D eigenvalue weighted by atomic mass is 10.0. The Morgan fingerprint density at radius 1 is 1.14 bits per heavy atom. The maximum Gasteiger partial charge on any atom is 0.244 e. The van der Waals surface area contributed by atoms with Crippen molar-refractivity contribution in [3.63, 3.8) is 0 Å². The highest BCUT2D eigenvalue weighted by Gasteiger charge is 2.36. The fraction of sp³-hybridized carbons (Fsp3) is 0.333. The van der Waals surface area contributed by atoms with Crippen LogP contribution in [-0.2, 0) is 19.9 Å². The minimum atomic E-state index is -3.92. The summed E-state index contributed by atoms with van der Waals surface area (Å²) >= 11 is 0. The number of carbonyl (C=O) groups is 1. The Bertz CT molecular complexity index is 1080. The van der Waals surface area contributed by atoms with E-state index in [0.29, 0.717) is 18.4 Å². The molecular formula is C18H19FN2O5S2. The average Bonchev–Trinajstić information content (AvgIpc) is 3.10. The number of hydrogen-bond acceptors (Lipinski definition) is 6. The molecule has 1 saturated heterocycles. The van der Waals surface area contributed by atoms with Crippen LogP contribution in [0.3, 0.4) is 0 Å². The van der Waals surface area contributed by atoms with Gasteiger partial charge in [-0.15, -0.1) is 0 Å². The summed E-state index contributed by atoms with van der Waals surface area (Å²) in [6.45, 7) is 0.261. The fourth-order valence-electron chi connectivity index (χ4n) is 3.17. The number of benzene rings is 1. The number of ketones is 1. The number of sulfone groups is 1. The summed E-state index contributed by atoms with van der Waals surface area (Å²) in [6, 6.07) is 6.96. The molecule has 0 unspecified atom stereocenters. The zero-order chi connectivity index (χ0) is 20.5. The molecule has 2 heterocycles. The summed E-state index contributed by atoms with van der Waals surface area (Å²) in [5.41, 5.74) is 0.324. The van der Waals surface area contributed by atoms with Crippen LogP contribution in [0.15, 0.2) is 52.5 Å². The van der Waals surface area contributed by atoms with Crippen molar-refractivity contribution < 1.29 is 26.0 Å². The molecule has 1 aliphatic heterocycles. The Balaban J connectivity index is 1.81. The van der Waals surface area contributed by atoms with Gasteiger partial charge in [0.2, 0.25) is 10.0 Å². The van der Waals surface area contributed by atoms with Gasteiger partial charge >= 0.3 is 0 Å². The van der Waals surface area contributed by atoms with E-state index in [9.17, 15) is 26.0 Å². The van der Waals surface area contributed by atoms with Crippen molar-refractivity contribution in [1.29, 1.82) is 0 Å². The SMILES string of the molecule is CS(=O)(=O)c1ccc(S(=O)(=O)N2CCC[C@H]2CC(=O)c2ccc(F)cc2)cn1. The molecule has 0 radical (unpaired) electrons. The third-order valence-corrected chi connectivity index (χ3v) is 7.54. The molecule has 1 aromatic heterocycles. The second kappa shape index (κ2) is 7.69. The molecule has 2 aromatic rings. The van der Waals surface area contributed by atoms with Crippen molar-refractivity contribution in [2.45, 2.75) is 35.2 Å². The van der Waals surface area contributed by atoms with Crippen molar-refractivity contribution in [3.8, 4) is 0 Å². The Labute approximate surface area is 163 Å². The van der Waals surface area contributed by atoms with E-state index in [2.05, 4.69) is 4.98 Å². The summed E-state index contributed by atoms with van der Waals surface area (Å²) in [7, 11) is -7.46. The standard InChI is InChI=1S/C18H19FN2O5S2/c1-27(23,24)18-9-8-16(12-20-18)28(25,26)21-10-2-3-15(21)11-17(22)13-4-6-14(19)7-5-13/h4-9,12,15H,2-3,10-11H2,1H3/t15-/m0/s1. The fourth-order valence-corrected chi connectivity index (χ4v) is 5.37. The Morgan fingerprint density at radius 3 is 2.39 bits per heavy atom. The van der Waals surface area contributed by atoms with Crippen LogP contribution in [0.4, 0.5) is 4.39 Å². The summed E-state index contributed by atoms with van der Waals surface area (Å²) in [5.74, 6) is -0.718. The molecule has 1 aromatic carbocycles. The largest absolute Gasteiger partial charge is 0.294 e. The van der Waals surface area contributed by atoms with Crippen molar-refractivity contribution in [3.05, 3.63) is 54.0 Å². The van der Waals surface area contributed by atoms with E-state index in [1.54, 1.807) is 0 Å². The van der Waals surface area contributed by atoms with Crippen molar-refractivity contribution >= 4 is 25.6 Å². The molecule has 1 aliphatic rings. The van der Waals surface area contributed by atoms with Gasteiger partial charge in [0.15, 0.2) is 20.6 Å². The van der Waals surface area contributed by atoms with Gasteiger partial charge in [-0.25, -0.2) is 26.2 Å². The highest BCUT2D eigenvalue weighted by atomic mass is 32.2. The molecule has 0 aliphatic carbocycles. The third-order valence-electron chi connectivity index (χ3n) is 4.61. The zero-order valence-electron chi connectivity index (χ0n) is 15.1. The number of pyridine rings is 1. The van der Waals surface area contributed by atoms with E-state index in [1.807, 2.05) is 0 Å². The number of carbonyl (C=O) groups excluding carboxylic acids is 1. The highest BCUT2D eigenvalue weighted by Crippen LogP contribution is 2.29. The molecule has 0 spiro atoms. The summed E-state index contributed by atoms with van der Waals surface area (Å²) in [6.07, 6.45) is 3.13. The monoisotopic (exact) mass is 426 g/mol. The molecular weight excluding hydrogens is 407 g/mol. The molecule has 150 valence electrons. The number of aromatic nitrogens is 1. The maximum absolute atomic E-state index is 13.0. The van der Waals surface area contributed by atoms with Crippen LogP contribution in [0.1, 0.15) is 29.6 Å². The van der Waals surface area contributed by atoms with Crippen LogP contribution in [0.25, 0.3) is 0 Å². The lowest BCUT2D eigenvalue weighted by Crippen LogP contribution is -2.37. The normalized spacial score (nSPS) is 18.3. The molecule has 3 rings (SSSR count). The Morgan fingerprint density at radius 2 is 1.82 bits per heavy atom. The highest BCUT2D eigenvalue weighted by molar-refractivity contribution is 7.90. The van der Waals surface area contributed by atoms with E-state index in [0.717, 1.165) is 18.5 Å². The van der Waals surface area contributed by atoms with Crippen LogP contribution in [-0.4, -0.2) is 50.8 Å². The lowest BCUT2D eigenvalue weighted by molar-refractivity contribution is 0.0961. The second-order valence-corrected chi connectivity index (χ2v) is 10.5. The quantitative estimate of drug-likeness (QED) is 0.655. The zero-order valence-corrected chi connectivity index (χ0v) is 16.7. The van der Waals surface area contributed by atoms with Crippen LogP contribution in [0, 0.1) is 5.82 Å². The minimum absolute atomic E-state index is 0.0142. The molecule has 0 N–H and O–H groups in total. The summed E-state index contributed by atoms with van der Waals surface area (Å²) < 4.78 is 63.2. The number of Topliss-reactive ketones (excluding diaryl/α,β-unsaturated/α-hetero) is 1. The molecule has 28 heavy (non-hydrogen) atoms. The van der Waals surface area contributed by atoms with Crippen molar-refractivity contribution in [2.24, 2.45) is 0 Å². The first-order valence-corrected chi connectivity index (χ1v) is 11.9. The molecule has 1 fully saturated rings. The van der Waals surface area contributed by atoms with Gasteiger partial charge in [-0.05, 0) is 49.2 Å². The van der Waals surface area contributed by atoms with E-state index in [-0.39, 0.29) is 28.7 Å². The Kier molecular flexibility index (Phi) is 5.64. The second-order valence-electron chi connectivity index (χ2n) is 6.65. The topological polar surface area (TPSA) is 101 Å². The first kappa shape index (κ1) is 20.6. The minimum Gasteiger partial charge on any atom is -0.294 e. The first-order valence-electron chi connectivity index (χ1n) is 8.56. The smallest absolute Gasteiger partial charge is 0.244 e. The van der Waals surface area contributed by atoms with Gasteiger partial charge in [0.25, 0.3) is 0 Å². The summed E-state index contributed by atoms with van der Waals surface area (Å²) in [5, 5.41) is -0.212. The molecule has 10 heteroatoms. The number of hydrogen-bond donors (Lipinski definition) is 0. The van der Waals surface area contributed by atoms with E-state index in [1.165, 1.54) is 34.6 Å². The van der Waals surface area contributed by atoms with Gasteiger partial charge in [0.05, 0.1) is 0 Å². The van der Waals surface area contributed by atoms with Crippen LogP contribution < -0.4 is 0 Å². The summed E-state index contributed by atoms with van der Waals surface area (Å²) in [4.78, 5) is 16.1. The molecule has 0 saturated carbocycles. The van der Waals surface area contributed by atoms with Gasteiger partial charge < -0.3 is 0 Å². The van der Waals surface area contributed by atoms with Crippen LogP contribution in [0.2, 0.25) is 0 Å². The van der Waals surface area contributed by atoms with Crippen molar-refractivity contribution in [2.75, 3.05) is 12.8 Å². The van der Waals surface area contributed by atoms with E-state index < -0.39 is 31.7 Å². The molecule has 0 amide bonds.